The summed E-state index contributed by atoms with van der Waals surface area (Å²) in [7, 11) is 0. The van der Waals surface area contributed by atoms with Crippen LogP contribution in [-0.2, 0) is 14.3 Å². The van der Waals surface area contributed by atoms with E-state index >= 15 is 0 Å². The van der Waals surface area contributed by atoms with Crippen molar-refractivity contribution in [3.05, 3.63) is 35.6 Å². The molecule has 0 bridgehead atoms. The van der Waals surface area contributed by atoms with E-state index in [1.54, 1.807) is 20.8 Å². The number of esters is 1. The fourth-order valence-electron chi connectivity index (χ4n) is 1.54. The highest BCUT2D eigenvalue weighted by molar-refractivity contribution is 5.96. The summed E-state index contributed by atoms with van der Waals surface area (Å²) in [5.41, 5.74) is -0.326. The Hall–Kier alpha value is -2.44. The SMILES string of the molecule is CC(C)(C)NC(=O)COC(=O)CNC(=O)c1cccc(F)c1. The lowest BCUT2D eigenvalue weighted by molar-refractivity contribution is -0.147. The summed E-state index contributed by atoms with van der Waals surface area (Å²) in [6.45, 7) is 4.56. The van der Waals surface area contributed by atoms with Crippen molar-refractivity contribution >= 4 is 17.8 Å². The second kappa shape index (κ2) is 7.53. The molecule has 0 unspecified atom stereocenters. The van der Waals surface area contributed by atoms with Gasteiger partial charge < -0.3 is 15.4 Å². The zero-order chi connectivity index (χ0) is 16.8. The van der Waals surface area contributed by atoms with E-state index in [4.69, 9.17) is 4.74 Å². The zero-order valence-corrected chi connectivity index (χ0v) is 12.7. The van der Waals surface area contributed by atoms with E-state index in [0.29, 0.717) is 0 Å². The maximum atomic E-state index is 13.0. The molecule has 1 rings (SSSR count). The van der Waals surface area contributed by atoms with Crippen LogP contribution in [0.2, 0.25) is 0 Å². The third-order valence-corrected chi connectivity index (χ3v) is 2.36. The molecule has 0 saturated carbocycles. The smallest absolute Gasteiger partial charge is 0.325 e. The maximum Gasteiger partial charge on any atom is 0.325 e. The van der Waals surface area contributed by atoms with Gasteiger partial charge in [0, 0.05) is 11.1 Å². The fraction of sp³-hybridized carbons (Fsp3) is 0.400. The van der Waals surface area contributed by atoms with E-state index in [1.165, 1.54) is 18.2 Å². The molecule has 0 aliphatic rings. The normalized spacial score (nSPS) is 10.7. The minimum atomic E-state index is -0.756. The Kier molecular flexibility index (Phi) is 6.03. The van der Waals surface area contributed by atoms with E-state index in [1.807, 2.05) is 0 Å². The molecular formula is C15H19FN2O4. The molecule has 0 fully saturated rings. The van der Waals surface area contributed by atoms with E-state index in [2.05, 4.69) is 10.6 Å². The summed E-state index contributed by atoms with van der Waals surface area (Å²) in [6.07, 6.45) is 0. The van der Waals surface area contributed by atoms with Crippen molar-refractivity contribution in [2.45, 2.75) is 26.3 Å². The van der Waals surface area contributed by atoms with Crippen LogP contribution in [0, 0.1) is 5.82 Å². The summed E-state index contributed by atoms with van der Waals surface area (Å²) >= 11 is 0. The number of hydrogen-bond acceptors (Lipinski definition) is 4. The molecule has 0 aliphatic heterocycles. The molecule has 7 heteroatoms. The van der Waals surface area contributed by atoms with Crippen molar-refractivity contribution in [1.82, 2.24) is 10.6 Å². The van der Waals surface area contributed by atoms with Gasteiger partial charge in [0.1, 0.15) is 12.4 Å². The van der Waals surface area contributed by atoms with Crippen LogP contribution < -0.4 is 10.6 Å². The number of carbonyl (C=O) groups is 3. The fourth-order valence-corrected chi connectivity index (χ4v) is 1.54. The van der Waals surface area contributed by atoms with Crippen LogP contribution in [0.15, 0.2) is 24.3 Å². The van der Waals surface area contributed by atoms with Gasteiger partial charge in [0.25, 0.3) is 11.8 Å². The lowest BCUT2D eigenvalue weighted by atomic mass is 10.1. The van der Waals surface area contributed by atoms with Gasteiger partial charge in [-0.05, 0) is 39.0 Å². The summed E-state index contributed by atoms with van der Waals surface area (Å²) in [4.78, 5) is 34.5. The number of hydrogen-bond donors (Lipinski definition) is 2. The predicted molar refractivity (Wildman–Crippen MR) is 77.6 cm³/mol. The molecule has 1 aromatic rings. The first-order valence-corrected chi connectivity index (χ1v) is 6.68. The van der Waals surface area contributed by atoms with Crippen LogP contribution in [-0.4, -0.2) is 36.5 Å². The van der Waals surface area contributed by atoms with Crippen molar-refractivity contribution < 1.29 is 23.5 Å². The lowest BCUT2D eigenvalue weighted by Crippen LogP contribution is -2.43. The first kappa shape index (κ1) is 17.6. The monoisotopic (exact) mass is 310 g/mol. The second-order valence-electron chi connectivity index (χ2n) is 5.65. The highest BCUT2D eigenvalue weighted by atomic mass is 19.1. The minimum absolute atomic E-state index is 0.0956. The Balaban J connectivity index is 2.34. The maximum absolute atomic E-state index is 13.0. The van der Waals surface area contributed by atoms with Crippen molar-refractivity contribution in [3.8, 4) is 0 Å². The van der Waals surface area contributed by atoms with Crippen LogP contribution in [0.25, 0.3) is 0 Å². The van der Waals surface area contributed by atoms with Crippen molar-refractivity contribution in [2.75, 3.05) is 13.2 Å². The standard InChI is InChI=1S/C15H19FN2O4/c1-15(2,3)18-12(19)9-22-13(20)8-17-14(21)10-5-4-6-11(16)7-10/h4-7H,8-9H2,1-3H3,(H,17,21)(H,18,19). The Bertz CT molecular complexity index is 567. The number of carbonyl (C=O) groups excluding carboxylic acids is 3. The number of amides is 2. The highest BCUT2D eigenvalue weighted by Gasteiger charge is 2.15. The number of benzene rings is 1. The Morgan fingerprint density at radius 1 is 1.23 bits per heavy atom. The molecule has 0 aromatic heterocycles. The van der Waals surface area contributed by atoms with Crippen LogP contribution in [0.1, 0.15) is 31.1 Å². The van der Waals surface area contributed by atoms with Crippen molar-refractivity contribution in [3.63, 3.8) is 0 Å². The minimum Gasteiger partial charge on any atom is -0.454 e. The molecule has 0 aliphatic carbocycles. The Morgan fingerprint density at radius 3 is 2.50 bits per heavy atom. The number of ether oxygens (including phenoxy) is 1. The molecule has 22 heavy (non-hydrogen) atoms. The highest BCUT2D eigenvalue weighted by Crippen LogP contribution is 2.03. The first-order valence-electron chi connectivity index (χ1n) is 6.68. The molecule has 0 atom stereocenters. The third kappa shape index (κ3) is 6.83. The average molecular weight is 310 g/mol. The average Bonchev–Trinajstić information content (AvgIpc) is 2.40. The molecule has 0 spiro atoms. The summed E-state index contributed by atoms with van der Waals surface area (Å²) < 4.78 is 17.7. The van der Waals surface area contributed by atoms with E-state index in [9.17, 15) is 18.8 Å². The quantitative estimate of drug-likeness (QED) is 0.795. The molecule has 120 valence electrons. The molecule has 2 amide bonds. The van der Waals surface area contributed by atoms with Crippen LogP contribution >= 0.6 is 0 Å². The first-order chi connectivity index (χ1) is 10.2. The van der Waals surface area contributed by atoms with E-state index < -0.39 is 42.3 Å². The van der Waals surface area contributed by atoms with E-state index in [-0.39, 0.29) is 5.56 Å². The van der Waals surface area contributed by atoms with Gasteiger partial charge in [-0.15, -0.1) is 0 Å². The van der Waals surface area contributed by atoms with Crippen LogP contribution in [0.5, 0.6) is 0 Å². The third-order valence-electron chi connectivity index (χ3n) is 2.36. The lowest BCUT2D eigenvalue weighted by Gasteiger charge is -2.20. The van der Waals surface area contributed by atoms with Crippen LogP contribution in [0.3, 0.4) is 0 Å². The largest absolute Gasteiger partial charge is 0.454 e. The topological polar surface area (TPSA) is 84.5 Å². The Labute approximate surface area is 128 Å². The van der Waals surface area contributed by atoms with Gasteiger partial charge in [0.2, 0.25) is 0 Å². The molecule has 0 radical (unpaired) electrons. The molecular weight excluding hydrogens is 291 g/mol. The van der Waals surface area contributed by atoms with Gasteiger partial charge in [0.15, 0.2) is 6.61 Å². The van der Waals surface area contributed by atoms with Crippen molar-refractivity contribution in [2.24, 2.45) is 0 Å². The van der Waals surface area contributed by atoms with Gasteiger partial charge in [-0.1, -0.05) is 6.07 Å². The number of halogens is 1. The molecule has 1 aromatic carbocycles. The van der Waals surface area contributed by atoms with Gasteiger partial charge in [-0.3, -0.25) is 14.4 Å². The van der Waals surface area contributed by atoms with Gasteiger partial charge in [-0.2, -0.15) is 0 Å². The molecule has 2 N–H and O–H groups in total. The molecule has 0 saturated heterocycles. The van der Waals surface area contributed by atoms with Crippen LogP contribution in [0.4, 0.5) is 4.39 Å². The molecule has 0 heterocycles. The number of rotatable bonds is 5. The predicted octanol–water partition coefficient (Wildman–Crippen LogP) is 1.01. The Morgan fingerprint density at radius 2 is 1.91 bits per heavy atom. The second-order valence-corrected chi connectivity index (χ2v) is 5.65. The summed E-state index contributed by atoms with van der Waals surface area (Å²) in [5.74, 6) is -2.34. The summed E-state index contributed by atoms with van der Waals surface area (Å²) in [5, 5.41) is 4.91. The zero-order valence-electron chi connectivity index (χ0n) is 12.7. The van der Waals surface area contributed by atoms with E-state index in [0.717, 1.165) is 6.07 Å². The van der Waals surface area contributed by atoms with Gasteiger partial charge in [0.05, 0.1) is 0 Å². The molecule has 6 nitrogen and oxygen atoms in total. The van der Waals surface area contributed by atoms with Gasteiger partial charge >= 0.3 is 5.97 Å². The van der Waals surface area contributed by atoms with Crippen molar-refractivity contribution in [1.29, 1.82) is 0 Å². The van der Waals surface area contributed by atoms with Gasteiger partial charge in [-0.25, -0.2) is 4.39 Å². The number of nitrogens with one attached hydrogen (secondary N) is 2. The summed E-state index contributed by atoms with van der Waals surface area (Å²) in [6, 6.07) is 5.07.